The molecule has 0 bridgehead atoms. The van der Waals surface area contributed by atoms with Gasteiger partial charge in [0.05, 0.1) is 6.54 Å². The number of amides is 2. The van der Waals surface area contributed by atoms with E-state index in [4.69, 9.17) is 0 Å². The molecule has 2 saturated carbocycles. The molecular weight excluding hydrogens is 248 g/mol. The Balaban J connectivity index is 1.77. The zero-order valence-corrected chi connectivity index (χ0v) is 11.8. The van der Waals surface area contributed by atoms with Crippen molar-refractivity contribution in [2.45, 2.75) is 42.9 Å². The van der Waals surface area contributed by atoms with Gasteiger partial charge in [-0.15, -0.1) is 0 Å². The number of carbonyl (C=O) groups excluding carboxylic acids is 2. The summed E-state index contributed by atoms with van der Waals surface area (Å²) in [7, 11) is 0. The van der Waals surface area contributed by atoms with Crippen LogP contribution >= 0.6 is 11.8 Å². The van der Waals surface area contributed by atoms with Crippen molar-refractivity contribution in [3.05, 3.63) is 0 Å². The van der Waals surface area contributed by atoms with Crippen LogP contribution in [0.4, 0.5) is 0 Å². The third-order valence-corrected chi connectivity index (χ3v) is 5.98. The monoisotopic (exact) mass is 268 g/mol. The predicted octanol–water partition coefficient (Wildman–Crippen LogP) is 1.01. The zero-order valence-electron chi connectivity index (χ0n) is 11.0. The van der Waals surface area contributed by atoms with Gasteiger partial charge in [0.15, 0.2) is 0 Å². The molecule has 4 nitrogen and oxygen atoms in total. The summed E-state index contributed by atoms with van der Waals surface area (Å²) >= 11 is 1.83. The largest absolute Gasteiger partial charge is 0.340 e. The molecule has 0 aromatic rings. The van der Waals surface area contributed by atoms with Crippen molar-refractivity contribution < 1.29 is 9.59 Å². The van der Waals surface area contributed by atoms with E-state index in [-0.39, 0.29) is 23.1 Å². The maximum absolute atomic E-state index is 12.6. The van der Waals surface area contributed by atoms with E-state index in [9.17, 15) is 9.59 Å². The van der Waals surface area contributed by atoms with Gasteiger partial charge in [-0.3, -0.25) is 9.59 Å². The average molecular weight is 268 g/mol. The Morgan fingerprint density at radius 1 is 1.39 bits per heavy atom. The molecule has 3 fully saturated rings. The van der Waals surface area contributed by atoms with Crippen LogP contribution < -0.4 is 5.32 Å². The van der Waals surface area contributed by atoms with Gasteiger partial charge in [-0.1, -0.05) is 0 Å². The van der Waals surface area contributed by atoms with Crippen LogP contribution in [-0.2, 0) is 9.59 Å². The number of nitrogens with zero attached hydrogens (tertiary/aromatic N) is 1. The molecule has 3 aliphatic rings. The fourth-order valence-corrected chi connectivity index (χ4v) is 3.73. The SMILES string of the molecule is CSC1(CN2CC(=O)NC(C)(C3CC3)C2=O)CC1. The number of nitrogens with one attached hydrogen (secondary N) is 1. The zero-order chi connectivity index (χ0) is 13.0. The van der Waals surface area contributed by atoms with Crippen molar-refractivity contribution >= 4 is 23.6 Å². The van der Waals surface area contributed by atoms with E-state index in [0.717, 1.165) is 19.4 Å². The standard InChI is InChI=1S/C13H20N2O2S/c1-12(9-3-4-9)11(17)15(7-10(16)14-12)8-13(18-2)5-6-13/h9H,3-8H2,1-2H3,(H,14,16). The lowest BCUT2D eigenvalue weighted by Crippen LogP contribution is -2.67. The summed E-state index contributed by atoms with van der Waals surface area (Å²) in [6.45, 7) is 2.88. The van der Waals surface area contributed by atoms with Crippen molar-refractivity contribution in [1.82, 2.24) is 10.2 Å². The maximum Gasteiger partial charge on any atom is 0.248 e. The number of rotatable bonds is 4. The molecular formula is C13H20N2O2S. The molecule has 1 atom stereocenters. The predicted molar refractivity (Wildman–Crippen MR) is 71.3 cm³/mol. The highest BCUT2D eigenvalue weighted by molar-refractivity contribution is 8.00. The molecule has 18 heavy (non-hydrogen) atoms. The summed E-state index contributed by atoms with van der Waals surface area (Å²) in [5, 5.41) is 2.92. The minimum atomic E-state index is -0.635. The fourth-order valence-electron chi connectivity index (χ4n) is 2.94. The topological polar surface area (TPSA) is 49.4 Å². The van der Waals surface area contributed by atoms with Gasteiger partial charge in [0, 0.05) is 11.3 Å². The Labute approximate surface area is 112 Å². The van der Waals surface area contributed by atoms with Gasteiger partial charge in [-0.2, -0.15) is 11.8 Å². The molecule has 1 aliphatic heterocycles. The van der Waals surface area contributed by atoms with Crippen molar-refractivity contribution in [3.8, 4) is 0 Å². The Morgan fingerprint density at radius 3 is 2.56 bits per heavy atom. The molecule has 1 saturated heterocycles. The molecule has 100 valence electrons. The molecule has 2 amide bonds. The van der Waals surface area contributed by atoms with Crippen LogP contribution in [0, 0.1) is 5.92 Å². The second kappa shape index (κ2) is 3.89. The first kappa shape index (κ1) is 12.3. The lowest BCUT2D eigenvalue weighted by molar-refractivity contribution is -0.150. The maximum atomic E-state index is 12.6. The Kier molecular flexibility index (Phi) is 2.66. The summed E-state index contributed by atoms with van der Waals surface area (Å²) < 4.78 is 0.234. The molecule has 0 spiro atoms. The summed E-state index contributed by atoms with van der Waals surface area (Å²) in [6, 6.07) is 0. The Morgan fingerprint density at radius 2 is 2.06 bits per heavy atom. The minimum Gasteiger partial charge on any atom is -0.340 e. The van der Waals surface area contributed by atoms with E-state index < -0.39 is 5.54 Å². The van der Waals surface area contributed by atoms with E-state index in [2.05, 4.69) is 11.6 Å². The van der Waals surface area contributed by atoms with E-state index in [0.29, 0.717) is 5.92 Å². The van der Waals surface area contributed by atoms with Crippen LogP contribution in [0.3, 0.4) is 0 Å². The van der Waals surface area contributed by atoms with Gasteiger partial charge in [-0.25, -0.2) is 0 Å². The van der Waals surface area contributed by atoms with E-state index in [1.165, 1.54) is 12.8 Å². The number of carbonyl (C=O) groups is 2. The summed E-state index contributed by atoms with van der Waals surface area (Å²) in [5.41, 5.74) is -0.635. The van der Waals surface area contributed by atoms with E-state index >= 15 is 0 Å². The lowest BCUT2D eigenvalue weighted by atomic mass is 9.91. The fraction of sp³-hybridized carbons (Fsp3) is 0.846. The highest BCUT2D eigenvalue weighted by Crippen LogP contribution is 2.48. The summed E-state index contributed by atoms with van der Waals surface area (Å²) in [4.78, 5) is 26.2. The molecule has 1 unspecified atom stereocenters. The van der Waals surface area contributed by atoms with Gasteiger partial charge in [0.2, 0.25) is 11.8 Å². The van der Waals surface area contributed by atoms with Gasteiger partial charge >= 0.3 is 0 Å². The van der Waals surface area contributed by atoms with Gasteiger partial charge in [0.1, 0.15) is 5.54 Å². The molecule has 3 rings (SSSR count). The molecule has 0 radical (unpaired) electrons. The van der Waals surface area contributed by atoms with Crippen molar-refractivity contribution in [3.63, 3.8) is 0 Å². The molecule has 2 aliphatic carbocycles. The molecule has 0 aromatic carbocycles. The molecule has 5 heteroatoms. The smallest absolute Gasteiger partial charge is 0.248 e. The quantitative estimate of drug-likeness (QED) is 0.828. The normalized spacial score (nSPS) is 34.4. The first-order valence-corrected chi connectivity index (χ1v) is 7.87. The van der Waals surface area contributed by atoms with Gasteiger partial charge in [0.25, 0.3) is 0 Å². The van der Waals surface area contributed by atoms with Crippen molar-refractivity contribution in [2.75, 3.05) is 19.3 Å². The third kappa shape index (κ3) is 1.92. The van der Waals surface area contributed by atoms with Crippen molar-refractivity contribution in [2.24, 2.45) is 5.92 Å². The second-order valence-electron chi connectivity index (χ2n) is 6.07. The van der Waals surface area contributed by atoms with Crippen LogP contribution in [0.1, 0.15) is 32.6 Å². The first-order chi connectivity index (χ1) is 8.49. The minimum absolute atomic E-state index is 0.000836. The van der Waals surface area contributed by atoms with Crippen LogP contribution in [0.2, 0.25) is 0 Å². The Bertz CT molecular complexity index is 404. The van der Waals surface area contributed by atoms with E-state index in [1.807, 2.05) is 18.7 Å². The van der Waals surface area contributed by atoms with Crippen LogP contribution in [-0.4, -0.2) is 46.3 Å². The second-order valence-corrected chi connectivity index (χ2v) is 7.35. The number of hydrogen-bond donors (Lipinski definition) is 1. The number of thioether (sulfide) groups is 1. The van der Waals surface area contributed by atoms with Crippen LogP contribution in [0.25, 0.3) is 0 Å². The number of piperazine rings is 1. The molecule has 1 heterocycles. The summed E-state index contributed by atoms with van der Waals surface area (Å²) in [5.74, 6) is 0.479. The molecule has 1 N–H and O–H groups in total. The number of hydrogen-bond acceptors (Lipinski definition) is 3. The third-order valence-electron chi connectivity index (χ3n) is 4.58. The van der Waals surface area contributed by atoms with Gasteiger partial charge in [-0.05, 0) is 44.8 Å². The van der Waals surface area contributed by atoms with Crippen LogP contribution in [0.5, 0.6) is 0 Å². The average Bonchev–Trinajstić information content (AvgIpc) is 3.18. The Hall–Kier alpha value is -0.710. The van der Waals surface area contributed by atoms with Crippen LogP contribution in [0.15, 0.2) is 0 Å². The van der Waals surface area contributed by atoms with Gasteiger partial charge < -0.3 is 10.2 Å². The summed E-state index contributed by atoms with van der Waals surface area (Å²) in [6.07, 6.45) is 6.55. The first-order valence-electron chi connectivity index (χ1n) is 6.65. The van der Waals surface area contributed by atoms with Crippen molar-refractivity contribution in [1.29, 1.82) is 0 Å². The lowest BCUT2D eigenvalue weighted by Gasteiger charge is -2.41. The molecule has 0 aromatic heterocycles. The van der Waals surface area contributed by atoms with E-state index in [1.54, 1.807) is 4.90 Å². The highest BCUT2D eigenvalue weighted by Gasteiger charge is 2.54. The highest BCUT2D eigenvalue weighted by atomic mass is 32.2.